The molecule has 5 heteroatoms. The second kappa shape index (κ2) is 3.01. The lowest BCUT2D eigenvalue weighted by Crippen LogP contribution is -2.12. The zero-order valence-electron chi connectivity index (χ0n) is 7.15. The Kier molecular flexibility index (Phi) is 1.84. The van der Waals surface area contributed by atoms with Crippen molar-refractivity contribution in [3.05, 3.63) is 23.8 Å². The van der Waals surface area contributed by atoms with E-state index in [0.29, 0.717) is 6.54 Å². The minimum Gasteiger partial charge on any atom is -0.439 e. The minimum absolute atomic E-state index is 0.242. The van der Waals surface area contributed by atoms with Gasteiger partial charge in [-0.15, -0.1) is 0 Å². The fraction of sp³-hybridized carbons (Fsp3) is 0.375. The van der Waals surface area contributed by atoms with Crippen LogP contribution in [-0.4, -0.2) is 22.6 Å². The lowest BCUT2D eigenvalue weighted by atomic mass is 10.1. The first-order valence-electron chi connectivity index (χ1n) is 3.98. The molecule has 68 valence electrons. The number of nitrogens with zero attached hydrogens (tertiary/aromatic N) is 2. The third-order valence-corrected chi connectivity index (χ3v) is 1.98. The zero-order chi connectivity index (χ0) is 9.26. The van der Waals surface area contributed by atoms with Crippen molar-refractivity contribution in [3.8, 4) is 0 Å². The monoisotopic (exact) mass is 179 g/mol. The van der Waals surface area contributed by atoms with Crippen LogP contribution in [-0.2, 0) is 4.74 Å². The zero-order valence-corrected chi connectivity index (χ0v) is 7.15. The van der Waals surface area contributed by atoms with E-state index in [1.807, 2.05) is 6.92 Å². The van der Waals surface area contributed by atoms with Gasteiger partial charge < -0.3 is 10.1 Å². The van der Waals surface area contributed by atoms with Crippen LogP contribution in [0.4, 0.5) is 4.79 Å². The fourth-order valence-electron chi connectivity index (χ4n) is 1.28. The average Bonchev–Trinajstić information content (AvgIpc) is 2.53. The number of aryl methyl sites for hydroxylation is 1. The number of carbonyl (C=O) groups is 1. The topological polar surface area (TPSA) is 64.1 Å². The molecule has 2 rings (SSSR count). The van der Waals surface area contributed by atoms with E-state index >= 15 is 0 Å². The van der Waals surface area contributed by atoms with Gasteiger partial charge in [0.05, 0.1) is 6.54 Å². The van der Waals surface area contributed by atoms with E-state index in [0.717, 1.165) is 11.3 Å². The second-order valence-corrected chi connectivity index (χ2v) is 2.84. The highest BCUT2D eigenvalue weighted by Crippen LogP contribution is 2.21. The molecular formula is C8H9N3O2. The quantitative estimate of drug-likeness (QED) is 0.684. The molecule has 1 amide bonds. The molecule has 0 aromatic carbocycles. The van der Waals surface area contributed by atoms with E-state index in [1.165, 1.54) is 6.33 Å². The first-order chi connectivity index (χ1) is 6.27. The van der Waals surface area contributed by atoms with Crippen molar-refractivity contribution < 1.29 is 9.53 Å². The summed E-state index contributed by atoms with van der Waals surface area (Å²) in [6.07, 6.45) is 2.53. The van der Waals surface area contributed by atoms with Crippen molar-refractivity contribution in [2.75, 3.05) is 6.54 Å². The normalized spacial score (nSPS) is 21.0. The van der Waals surface area contributed by atoms with Crippen molar-refractivity contribution in [1.82, 2.24) is 15.3 Å². The molecule has 0 aliphatic carbocycles. The summed E-state index contributed by atoms with van der Waals surface area (Å²) >= 11 is 0. The van der Waals surface area contributed by atoms with Gasteiger partial charge in [-0.25, -0.2) is 14.8 Å². The molecule has 0 saturated carbocycles. The maximum Gasteiger partial charge on any atom is 0.407 e. The highest BCUT2D eigenvalue weighted by atomic mass is 16.6. The van der Waals surface area contributed by atoms with Crippen molar-refractivity contribution >= 4 is 6.09 Å². The highest BCUT2D eigenvalue weighted by molar-refractivity contribution is 5.69. The minimum atomic E-state index is -0.381. The van der Waals surface area contributed by atoms with Crippen LogP contribution in [0.3, 0.4) is 0 Å². The molecule has 0 radical (unpaired) electrons. The van der Waals surface area contributed by atoms with Crippen LogP contribution in [0.2, 0.25) is 0 Å². The summed E-state index contributed by atoms with van der Waals surface area (Å²) in [7, 11) is 0. The smallest absolute Gasteiger partial charge is 0.407 e. The Balaban J connectivity index is 2.26. The molecule has 1 aliphatic rings. The molecule has 1 saturated heterocycles. The van der Waals surface area contributed by atoms with Gasteiger partial charge in [0, 0.05) is 17.5 Å². The molecule has 5 nitrogen and oxygen atoms in total. The van der Waals surface area contributed by atoms with Crippen LogP contribution >= 0.6 is 0 Å². The predicted octanol–water partition coefficient (Wildman–Crippen LogP) is 0.566. The van der Waals surface area contributed by atoms with Crippen LogP contribution in [0, 0.1) is 6.92 Å². The number of hydrogen-bond acceptors (Lipinski definition) is 4. The van der Waals surface area contributed by atoms with Gasteiger partial charge in [0.25, 0.3) is 0 Å². The van der Waals surface area contributed by atoms with Crippen molar-refractivity contribution in [3.63, 3.8) is 0 Å². The molecule has 0 bridgehead atoms. The average molecular weight is 179 g/mol. The van der Waals surface area contributed by atoms with Crippen molar-refractivity contribution in [2.45, 2.75) is 13.0 Å². The number of aromatic nitrogens is 2. The van der Waals surface area contributed by atoms with Crippen LogP contribution in [0.15, 0.2) is 12.5 Å². The molecule has 1 fully saturated rings. The number of cyclic esters (lactones) is 1. The first kappa shape index (κ1) is 7.97. The Labute approximate surface area is 75.1 Å². The number of rotatable bonds is 1. The summed E-state index contributed by atoms with van der Waals surface area (Å²) in [6, 6.07) is 0. The van der Waals surface area contributed by atoms with Gasteiger partial charge >= 0.3 is 6.09 Å². The third-order valence-electron chi connectivity index (χ3n) is 1.98. The molecule has 1 atom stereocenters. The van der Waals surface area contributed by atoms with E-state index in [1.54, 1.807) is 6.20 Å². The van der Waals surface area contributed by atoms with Gasteiger partial charge in [-0.05, 0) is 6.92 Å². The lowest BCUT2D eigenvalue weighted by molar-refractivity contribution is 0.140. The van der Waals surface area contributed by atoms with Gasteiger partial charge in [-0.1, -0.05) is 0 Å². The Morgan fingerprint density at radius 2 is 2.54 bits per heavy atom. The van der Waals surface area contributed by atoms with Crippen LogP contribution in [0.5, 0.6) is 0 Å². The molecular weight excluding hydrogens is 170 g/mol. The third kappa shape index (κ3) is 1.44. The Morgan fingerprint density at radius 1 is 1.69 bits per heavy atom. The lowest BCUT2D eigenvalue weighted by Gasteiger charge is -2.08. The van der Waals surface area contributed by atoms with E-state index in [-0.39, 0.29) is 12.2 Å². The summed E-state index contributed by atoms with van der Waals surface area (Å²) in [5.41, 5.74) is 1.71. The number of ether oxygens (including phenoxy) is 1. The van der Waals surface area contributed by atoms with Gasteiger partial charge in [0.1, 0.15) is 12.4 Å². The Morgan fingerprint density at radius 3 is 3.15 bits per heavy atom. The summed E-state index contributed by atoms with van der Waals surface area (Å²) < 4.78 is 5.00. The summed E-state index contributed by atoms with van der Waals surface area (Å²) in [6.45, 7) is 2.36. The molecule has 1 aromatic heterocycles. The maximum atomic E-state index is 10.8. The fourth-order valence-corrected chi connectivity index (χ4v) is 1.28. The number of hydrogen-bond donors (Lipinski definition) is 1. The van der Waals surface area contributed by atoms with Crippen molar-refractivity contribution in [2.24, 2.45) is 0 Å². The van der Waals surface area contributed by atoms with Crippen LogP contribution in [0.25, 0.3) is 0 Å². The molecule has 0 spiro atoms. The predicted molar refractivity (Wildman–Crippen MR) is 44.0 cm³/mol. The number of alkyl carbamates (subject to hydrolysis) is 1. The van der Waals surface area contributed by atoms with Crippen LogP contribution < -0.4 is 5.32 Å². The largest absolute Gasteiger partial charge is 0.439 e. The number of carbonyl (C=O) groups excluding carboxylic acids is 1. The molecule has 1 N–H and O–H groups in total. The van der Waals surface area contributed by atoms with Crippen molar-refractivity contribution in [1.29, 1.82) is 0 Å². The molecule has 1 unspecified atom stereocenters. The maximum absolute atomic E-state index is 10.8. The van der Waals surface area contributed by atoms with Gasteiger partial charge in [0.15, 0.2) is 0 Å². The SMILES string of the molecule is Cc1ncncc1C1CNC(=O)O1. The van der Waals surface area contributed by atoms with E-state index in [9.17, 15) is 4.79 Å². The number of nitrogens with one attached hydrogen (secondary N) is 1. The molecule has 2 heterocycles. The number of amides is 1. The van der Waals surface area contributed by atoms with E-state index < -0.39 is 0 Å². The Hall–Kier alpha value is -1.65. The van der Waals surface area contributed by atoms with E-state index in [4.69, 9.17) is 4.74 Å². The van der Waals surface area contributed by atoms with Crippen LogP contribution in [0.1, 0.15) is 17.4 Å². The van der Waals surface area contributed by atoms with Gasteiger partial charge in [0.2, 0.25) is 0 Å². The van der Waals surface area contributed by atoms with Gasteiger partial charge in [-0.3, -0.25) is 0 Å². The standard InChI is InChI=1S/C8H9N3O2/c1-5-6(2-9-4-11-5)7-3-10-8(12)13-7/h2,4,7H,3H2,1H3,(H,10,12). The molecule has 1 aliphatic heterocycles. The summed E-state index contributed by atoms with van der Waals surface area (Å²) in [4.78, 5) is 18.7. The summed E-state index contributed by atoms with van der Waals surface area (Å²) in [5.74, 6) is 0. The Bertz CT molecular complexity index is 340. The molecule has 13 heavy (non-hydrogen) atoms. The van der Waals surface area contributed by atoms with E-state index in [2.05, 4.69) is 15.3 Å². The first-order valence-corrected chi connectivity index (χ1v) is 3.98. The van der Waals surface area contributed by atoms with Gasteiger partial charge in [-0.2, -0.15) is 0 Å². The highest BCUT2D eigenvalue weighted by Gasteiger charge is 2.25. The molecule has 1 aromatic rings. The second-order valence-electron chi connectivity index (χ2n) is 2.84. The summed E-state index contributed by atoms with van der Waals surface area (Å²) in [5, 5.41) is 2.58.